The minimum absolute atomic E-state index is 0. The molecule has 0 spiro atoms. The van der Waals surface area contributed by atoms with Gasteiger partial charge in [-0.1, -0.05) is 12.8 Å². The second-order valence-corrected chi connectivity index (χ2v) is 9.44. The van der Waals surface area contributed by atoms with E-state index in [0.29, 0.717) is 12.5 Å². The molecule has 1 amide bonds. The molecule has 0 atom stereocenters. The quantitative estimate of drug-likeness (QED) is 0.349. The van der Waals surface area contributed by atoms with E-state index >= 15 is 0 Å². The number of guanidine groups is 1. The van der Waals surface area contributed by atoms with E-state index in [9.17, 15) is 4.79 Å². The number of piperazine rings is 1. The maximum Gasteiger partial charge on any atom is 0.236 e. The zero-order valence-corrected chi connectivity index (χ0v) is 20.6. The molecule has 0 unspecified atom stereocenters. The van der Waals surface area contributed by atoms with Crippen LogP contribution in [0.4, 0.5) is 0 Å². The van der Waals surface area contributed by atoms with Crippen molar-refractivity contribution in [1.29, 1.82) is 0 Å². The van der Waals surface area contributed by atoms with Crippen LogP contribution in [0.15, 0.2) is 4.99 Å². The Balaban J connectivity index is 0.00000364. The maximum absolute atomic E-state index is 12.6. The average Bonchev–Trinajstić information content (AvgIpc) is 2.93. The molecule has 6 nitrogen and oxygen atoms in total. The lowest BCUT2D eigenvalue weighted by atomic mass is 10.2. The summed E-state index contributed by atoms with van der Waals surface area (Å²) in [5.41, 5.74) is 0. The molecule has 8 heteroatoms. The molecule has 2 aliphatic heterocycles. The molecule has 2 aliphatic rings. The third-order valence-corrected chi connectivity index (χ3v) is 6.68. The van der Waals surface area contributed by atoms with Crippen molar-refractivity contribution in [2.24, 2.45) is 4.99 Å². The average molecular weight is 512 g/mol. The van der Waals surface area contributed by atoms with Crippen LogP contribution in [0.2, 0.25) is 0 Å². The summed E-state index contributed by atoms with van der Waals surface area (Å²) >= 11 is 1.86. The van der Waals surface area contributed by atoms with E-state index in [1.54, 1.807) is 0 Å². The van der Waals surface area contributed by atoms with E-state index in [0.717, 1.165) is 64.6 Å². The molecule has 2 fully saturated rings. The summed E-state index contributed by atoms with van der Waals surface area (Å²) in [7, 11) is 1.85. The Bertz CT molecular complexity index is 473. The number of likely N-dealkylation sites (tertiary alicyclic amines) is 1. The molecule has 2 rings (SSSR count). The highest BCUT2D eigenvalue weighted by atomic mass is 127. The van der Waals surface area contributed by atoms with Gasteiger partial charge in [-0.2, -0.15) is 11.8 Å². The van der Waals surface area contributed by atoms with Crippen LogP contribution in [0.5, 0.6) is 0 Å². The Morgan fingerprint density at radius 2 is 1.59 bits per heavy atom. The molecule has 0 radical (unpaired) electrons. The summed E-state index contributed by atoms with van der Waals surface area (Å²) < 4.78 is 0.192. The number of hydrogen-bond donors (Lipinski definition) is 1. The molecule has 0 aromatic carbocycles. The Labute approximate surface area is 186 Å². The smallest absolute Gasteiger partial charge is 0.236 e. The molecule has 1 N–H and O–H groups in total. The molecular weight excluding hydrogens is 473 g/mol. The second-order valence-electron chi connectivity index (χ2n) is 7.92. The molecule has 27 heavy (non-hydrogen) atoms. The number of nitrogens with zero attached hydrogens (tertiary/aromatic N) is 4. The van der Waals surface area contributed by atoms with Crippen LogP contribution in [-0.4, -0.2) is 97.0 Å². The number of hydrogen-bond acceptors (Lipinski definition) is 4. The van der Waals surface area contributed by atoms with Gasteiger partial charge in [0, 0.05) is 57.6 Å². The standard InChI is InChI=1S/C19H37N5OS.HI/c1-19(2,26-4)16-21-18(20-3)24-13-11-22(12-14-24)15-17(25)23-9-7-5-6-8-10-23;/h5-16H2,1-4H3,(H,20,21);1H. The fourth-order valence-corrected chi connectivity index (χ4v) is 3.64. The highest BCUT2D eigenvalue weighted by Crippen LogP contribution is 2.19. The Morgan fingerprint density at radius 1 is 1.00 bits per heavy atom. The maximum atomic E-state index is 12.6. The van der Waals surface area contributed by atoms with Crippen LogP contribution >= 0.6 is 35.7 Å². The third-order valence-electron chi connectivity index (χ3n) is 5.43. The molecular formula is C19H38IN5OS. The third kappa shape index (κ3) is 8.35. The van der Waals surface area contributed by atoms with Gasteiger partial charge in [0.15, 0.2) is 5.96 Å². The van der Waals surface area contributed by atoms with E-state index < -0.39 is 0 Å². The monoisotopic (exact) mass is 511 g/mol. The van der Waals surface area contributed by atoms with Crippen molar-refractivity contribution in [2.45, 2.75) is 44.3 Å². The topological polar surface area (TPSA) is 51.2 Å². The molecule has 2 heterocycles. The lowest BCUT2D eigenvalue weighted by Crippen LogP contribution is -2.55. The lowest BCUT2D eigenvalue weighted by Gasteiger charge is -2.37. The van der Waals surface area contributed by atoms with Crippen LogP contribution in [0.3, 0.4) is 0 Å². The second kappa shape index (κ2) is 12.4. The first-order valence-electron chi connectivity index (χ1n) is 9.96. The SMILES string of the molecule is CN=C(NCC(C)(C)SC)N1CCN(CC(=O)N2CCCCCC2)CC1.I. The highest BCUT2D eigenvalue weighted by Gasteiger charge is 2.24. The molecule has 0 aromatic rings. The summed E-state index contributed by atoms with van der Waals surface area (Å²) in [6.07, 6.45) is 7.00. The van der Waals surface area contributed by atoms with Gasteiger partial charge in [0.25, 0.3) is 0 Å². The van der Waals surface area contributed by atoms with Crippen molar-refractivity contribution in [3.63, 3.8) is 0 Å². The first kappa shape index (κ1) is 24.8. The fraction of sp³-hybridized carbons (Fsp3) is 0.895. The summed E-state index contributed by atoms with van der Waals surface area (Å²) in [4.78, 5) is 23.7. The fourth-order valence-electron chi connectivity index (χ4n) is 3.43. The molecule has 2 saturated heterocycles. The van der Waals surface area contributed by atoms with Crippen molar-refractivity contribution >= 4 is 47.6 Å². The van der Waals surface area contributed by atoms with Crippen molar-refractivity contribution in [3.8, 4) is 0 Å². The van der Waals surface area contributed by atoms with Gasteiger partial charge in [-0.25, -0.2) is 0 Å². The van der Waals surface area contributed by atoms with Gasteiger partial charge >= 0.3 is 0 Å². The van der Waals surface area contributed by atoms with Crippen LogP contribution in [-0.2, 0) is 4.79 Å². The number of rotatable bonds is 5. The minimum atomic E-state index is 0. The summed E-state index contributed by atoms with van der Waals surface area (Å²) in [5.74, 6) is 1.29. The molecule has 158 valence electrons. The highest BCUT2D eigenvalue weighted by molar-refractivity contribution is 14.0. The molecule has 0 bridgehead atoms. The van der Waals surface area contributed by atoms with Gasteiger partial charge in [-0.3, -0.25) is 14.7 Å². The first-order valence-corrected chi connectivity index (χ1v) is 11.2. The summed E-state index contributed by atoms with van der Waals surface area (Å²) in [6, 6.07) is 0. The number of amides is 1. The summed E-state index contributed by atoms with van der Waals surface area (Å²) in [5, 5.41) is 3.51. The van der Waals surface area contributed by atoms with Crippen molar-refractivity contribution in [3.05, 3.63) is 0 Å². The predicted octanol–water partition coefficient (Wildman–Crippen LogP) is 2.34. The number of nitrogens with one attached hydrogen (secondary N) is 1. The van der Waals surface area contributed by atoms with Crippen molar-refractivity contribution < 1.29 is 4.79 Å². The van der Waals surface area contributed by atoms with Crippen LogP contribution in [0.25, 0.3) is 0 Å². The Kier molecular flexibility index (Phi) is 11.4. The zero-order chi connectivity index (χ0) is 19.0. The Hall–Kier alpha value is -0.220. The van der Waals surface area contributed by atoms with Crippen LogP contribution < -0.4 is 5.32 Å². The zero-order valence-electron chi connectivity index (χ0n) is 17.5. The van der Waals surface area contributed by atoms with Crippen LogP contribution in [0, 0.1) is 0 Å². The summed E-state index contributed by atoms with van der Waals surface area (Å²) in [6.45, 7) is 11.5. The Morgan fingerprint density at radius 3 is 2.11 bits per heavy atom. The van der Waals surface area contributed by atoms with Gasteiger partial charge in [0.1, 0.15) is 0 Å². The van der Waals surface area contributed by atoms with Gasteiger partial charge in [-0.15, -0.1) is 24.0 Å². The molecule has 0 saturated carbocycles. The van der Waals surface area contributed by atoms with Crippen molar-refractivity contribution in [1.82, 2.24) is 20.0 Å². The first-order chi connectivity index (χ1) is 12.4. The van der Waals surface area contributed by atoms with E-state index in [2.05, 4.69) is 45.1 Å². The van der Waals surface area contributed by atoms with E-state index in [4.69, 9.17) is 0 Å². The van der Waals surface area contributed by atoms with Gasteiger partial charge in [0.05, 0.1) is 6.54 Å². The number of thioether (sulfide) groups is 1. The normalized spacial score (nSPS) is 20.1. The van der Waals surface area contributed by atoms with E-state index in [1.165, 1.54) is 12.8 Å². The minimum Gasteiger partial charge on any atom is -0.355 e. The largest absolute Gasteiger partial charge is 0.355 e. The van der Waals surface area contributed by atoms with Gasteiger partial charge in [0.2, 0.25) is 5.91 Å². The van der Waals surface area contributed by atoms with Gasteiger partial charge in [-0.05, 0) is 32.9 Å². The number of carbonyl (C=O) groups excluding carboxylic acids is 1. The van der Waals surface area contributed by atoms with E-state index in [1.807, 2.05) is 18.8 Å². The van der Waals surface area contributed by atoms with E-state index in [-0.39, 0.29) is 28.7 Å². The lowest BCUT2D eigenvalue weighted by molar-refractivity contribution is -0.132. The van der Waals surface area contributed by atoms with Crippen LogP contribution in [0.1, 0.15) is 39.5 Å². The molecule has 0 aromatic heterocycles. The van der Waals surface area contributed by atoms with Crippen molar-refractivity contribution in [2.75, 3.05) is 65.7 Å². The predicted molar refractivity (Wildman–Crippen MR) is 127 cm³/mol. The number of carbonyl (C=O) groups is 1. The molecule has 0 aliphatic carbocycles. The van der Waals surface area contributed by atoms with Gasteiger partial charge < -0.3 is 15.1 Å². The number of aliphatic imine (C=N–C) groups is 1. The number of halogens is 1.